The molecule has 0 aliphatic rings. The predicted octanol–water partition coefficient (Wildman–Crippen LogP) is 2.81. The molecule has 1 heterocycles. The van der Waals surface area contributed by atoms with Crippen LogP contribution in [0.4, 0.5) is 0 Å². The number of para-hydroxylation sites is 1. The van der Waals surface area contributed by atoms with Crippen LogP contribution in [0.15, 0.2) is 57.8 Å². The van der Waals surface area contributed by atoms with Gasteiger partial charge >= 0.3 is 113 Å². The third-order valence-electron chi connectivity index (χ3n) is 2.54. The van der Waals surface area contributed by atoms with Gasteiger partial charge in [0.15, 0.2) is 0 Å². The van der Waals surface area contributed by atoms with Crippen molar-refractivity contribution in [1.29, 1.82) is 0 Å². The van der Waals surface area contributed by atoms with Crippen LogP contribution in [-0.2, 0) is 0 Å². The van der Waals surface area contributed by atoms with Gasteiger partial charge in [-0.25, -0.2) is 0 Å². The van der Waals surface area contributed by atoms with Crippen molar-refractivity contribution in [3.63, 3.8) is 0 Å². The molecule has 3 aromatic rings. The standard InChI is InChI=1S/C13H8BrNOSe/c14-9-6-7-11-12(8-9)17-15(13(11)16)10-4-2-1-3-5-10/h1-8H. The Bertz CT molecular complexity index is 730. The molecule has 2 nitrogen and oxygen atoms in total. The summed E-state index contributed by atoms with van der Waals surface area (Å²) in [6, 6.07) is 15.7. The molecule has 0 saturated carbocycles. The van der Waals surface area contributed by atoms with E-state index in [-0.39, 0.29) is 20.3 Å². The second kappa shape index (κ2) is 4.30. The van der Waals surface area contributed by atoms with Crippen LogP contribution in [0.1, 0.15) is 0 Å². The summed E-state index contributed by atoms with van der Waals surface area (Å²) in [6.45, 7) is 0. The summed E-state index contributed by atoms with van der Waals surface area (Å²) < 4.78 is 4.03. The monoisotopic (exact) mass is 353 g/mol. The van der Waals surface area contributed by atoms with E-state index in [4.69, 9.17) is 0 Å². The molecule has 1 aromatic heterocycles. The third-order valence-corrected chi connectivity index (χ3v) is 5.33. The molecule has 3 rings (SSSR count). The van der Waals surface area contributed by atoms with E-state index in [1.807, 2.05) is 52.1 Å². The van der Waals surface area contributed by atoms with Crippen molar-refractivity contribution in [1.82, 2.24) is 3.56 Å². The molecular weight excluding hydrogens is 345 g/mol. The van der Waals surface area contributed by atoms with E-state index in [1.165, 1.54) is 0 Å². The summed E-state index contributed by atoms with van der Waals surface area (Å²) in [4.78, 5) is 12.2. The normalized spacial score (nSPS) is 10.9. The Morgan fingerprint density at radius 2 is 1.82 bits per heavy atom. The molecule has 4 heteroatoms. The quantitative estimate of drug-likeness (QED) is 0.617. The third kappa shape index (κ3) is 1.93. The van der Waals surface area contributed by atoms with Crippen molar-refractivity contribution < 1.29 is 0 Å². The maximum absolute atomic E-state index is 12.2. The van der Waals surface area contributed by atoms with Gasteiger partial charge in [-0.15, -0.1) is 0 Å². The number of fused-ring (bicyclic) bond motifs is 1. The number of rotatable bonds is 1. The molecule has 17 heavy (non-hydrogen) atoms. The molecule has 84 valence electrons. The first-order chi connectivity index (χ1) is 8.25. The second-order valence-electron chi connectivity index (χ2n) is 3.67. The Labute approximate surface area is 113 Å². The summed E-state index contributed by atoms with van der Waals surface area (Å²) >= 11 is 3.48. The van der Waals surface area contributed by atoms with Crippen LogP contribution in [0.3, 0.4) is 0 Å². The molecule has 0 atom stereocenters. The Morgan fingerprint density at radius 1 is 1.06 bits per heavy atom. The summed E-state index contributed by atoms with van der Waals surface area (Å²) in [5.41, 5.74) is 1.09. The van der Waals surface area contributed by atoms with Crippen LogP contribution in [0, 0.1) is 0 Å². The fraction of sp³-hybridized carbons (Fsp3) is 0. The van der Waals surface area contributed by atoms with Crippen molar-refractivity contribution in [2.75, 3.05) is 0 Å². The van der Waals surface area contributed by atoms with Crippen molar-refractivity contribution in [3.05, 3.63) is 63.4 Å². The van der Waals surface area contributed by atoms with Gasteiger partial charge in [-0.2, -0.15) is 0 Å². The number of benzene rings is 2. The van der Waals surface area contributed by atoms with E-state index >= 15 is 0 Å². The first kappa shape index (κ1) is 11.0. The summed E-state index contributed by atoms with van der Waals surface area (Å²) in [7, 11) is 0. The van der Waals surface area contributed by atoms with Crippen molar-refractivity contribution in [2.45, 2.75) is 0 Å². The molecule has 0 spiro atoms. The van der Waals surface area contributed by atoms with Crippen molar-refractivity contribution >= 4 is 40.3 Å². The van der Waals surface area contributed by atoms with Crippen LogP contribution in [0.5, 0.6) is 0 Å². The molecule has 0 aliphatic carbocycles. The summed E-state index contributed by atoms with van der Waals surface area (Å²) in [5.74, 6) is 0. The van der Waals surface area contributed by atoms with Crippen LogP contribution < -0.4 is 5.56 Å². The SMILES string of the molecule is O=c1c2ccc(Br)cc2[se]n1-c1ccccc1. The molecule has 0 bridgehead atoms. The fourth-order valence-electron chi connectivity index (χ4n) is 1.73. The first-order valence-corrected chi connectivity index (χ1v) is 7.54. The van der Waals surface area contributed by atoms with Crippen molar-refractivity contribution in [2.24, 2.45) is 0 Å². The van der Waals surface area contributed by atoms with E-state index in [2.05, 4.69) is 15.9 Å². The molecule has 0 amide bonds. The van der Waals surface area contributed by atoms with Gasteiger partial charge in [-0.05, 0) is 0 Å². The molecule has 0 unspecified atom stereocenters. The number of hydrogen-bond donors (Lipinski definition) is 0. The van der Waals surface area contributed by atoms with Gasteiger partial charge in [0.05, 0.1) is 0 Å². The number of aromatic nitrogens is 1. The van der Waals surface area contributed by atoms with Gasteiger partial charge < -0.3 is 0 Å². The topological polar surface area (TPSA) is 22.0 Å². The molecule has 2 aromatic carbocycles. The van der Waals surface area contributed by atoms with Gasteiger partial charge in [0.1, 0.15) is 0 Å². The van der Waals surface area contributed by atoms with Gasteiger partial charge in [0, 0.05) is 0 Å². The van der Waals surface area contributed by atoms with Gasteiger partial charge in [0.25, 0.3) is 0 Å². The fourth-order valence-corrected chi connectivity index (χ4v) is 4.61. The van der Waals surface area contributed by atoms with Gasteiger partial charge in [-0.1, -0.05) is 0 Å². The first-order valence-electron chi connectivity index (χ1n) is 5.13. The van der Waals surface area contributed by atoms with Gasteiger partial charge in [-0.3, -0.25) is 0 Å². The Balaban J connectivity index is 2.32. The zero-order valence-electron chi connectivity index (χ0n) is 8.76. The number of halogens is 1. The second-order valence-corrected chi connectivity index (χ2v) is 6.65. The molecule has 0 fully saturated rings. The number of nitrogens with zero attached hydrogens (tertiary/aromatic N) is 1. The maximum atomic E-state index is 12.2. The predicted molar refractivity (Wildman–Crippen MR) is 74.2 cm³/mol. The van der Waals surface area contributed by atoms with Crippen LogP contribution in [-0.4, -0.2) is 18.3 Å². The van der Waals surface area contributed by atoms with E-state index in [0.717, 1.165) is 19.8 Å². The van der Waals surface area contributed by atoms with Crippen LogP contribution >= 0.6 is 15.9 Å². The number of hydrogen-bond acceptors (Lipinski definition) is 1. The Hall–Kier alpha value is -1.09. The Kier molecular flexibility index (Phi) is 2.79. The van der Waals surface area contributed by atoms with Crippen LogP contribution in [0.25, 0.3) is 15.3 Å². The average Bonchev–Trinajstić information content (AvgIpc) is 2.67. The van der Waals surface area contributed by atoms with Crippen molar-refractivity contribution in [3.8, 4) is 5.69 Å². The minimum atomic E-state index is 0.0392. The minimum absolute atomic E-state index is 0.0392. The molecule has 0 saturated heterocycles. The molecule has 0 radical (unpaired) electrons. The molecule has 0 N–H and O–H groups in total. The summed E-state index contributed by atoms with van der Waals surface area (Å²) in [6.07, 6.45) is 0. The zero-order valence-corrected chi connectivity index (χ0v) is 12.1. The molecule has 0 aliphatic heterocycles. The zero-order chi connectivity index (χ0) is 11.8. The van der Waals surface area contributed by atoms with Gasteiger partial charge in [0.2, 0.25) is 0 Å². The van der Waals surface area contributed by atoms with E-state index in [9.17, 15) is 4.79 Å². The van der Waals surface area contributed by atoms with E-state index in [0.29, 0.717) is 0 Å². The molecular formula is C13H8BrNOSe. The van der Waals surface area contributed by atoms with E-state index in [1.54, 1.807) is 0 Å². The Morgan fingerprint density at radius 3 is 2.59 bits per heavy atom. The van der Waals surface area contributed by atoms with E-state index < -0.39 is 0 Å². The van der Waals surface area contributed by atoms with Crippen LogP contribution in [0.2, 0.25) is 0 Å². The average molecular weight is 353 g/mol. The summed E-state index contributed by atoms with van der Waals surface area (Å²) in [5, 5.41) is 0.831.